The Morgan fingerprint density at radius 3 is 2.04 bits per heavy atom. The summed E-state index contributed by atoms with van der Waals surface area (Å²) < 4.78 is 19.0. The Kier molecular flexibility index (Phi) is 5.05. The third-order valence-electron chi connectivity index (χ3n) is 4.27. The molecule has 0 fully saturated rings. The number of hydrogen-bond acceptors (Lipinski definition) is 4. The molecule has 3 aromatic carbocycles. The summed E-state index contributed by atoms with van der Waals surface area (Å²) in [5, 5.41) is 2.00. The van der Waals surface area contributed by atoms with Crippen LogP contribution in [0.2, 0.25) is 0 Å². The molecule has 0 saturated carbocycles. The third kappa shape index (κ3) is 3.66. The van der Waals surface area contributed by atoms with Crippen molar-refractivity contribution in [2.75, 3.05) is 14.2 Å². The zero-order valence-electron chi connectivity index (χ0n) is 14.9. The van der Waals surface area contributed by atoms with Gasteiger partial charge in [-0.25, -0.2) is 0 Å². The quantitative estimate of drug-likeness (QED) is 0.330. The normalized spacial score (nSPS) is 10.8. The van der Waals surface area contributed by atoms with E-state index < -0.39 is 0 Å². The highest BCUT2D eigenvalue weighted by molar-refractivity contribution is 9.10. The Morgan fingerprint density at radius 1 is 0.741 bits per heavy atom. The van der Waals surface area contributed by atoms with Gasteiger partial charge in [0, 0.05) is 20.1 Å². The number of fused-ring (bicyclic) bond motifs is 1. The van der Waals surface area contributed by atoms with Crippen LogP contribution in [0.1, 0.15) is 0 Å². The molecule has 0 aliphatic rings. The summed E-state index contributed by atoms with van der Waals surface area (Å²) in [6.07, 6.45) is 0. The Bertz CT molecular complexity index is 1070. The fourth-order valence-electron chi connectivity index (χ4n) is 2.89. The van der Waals surface area contributed by atoms with Gasteiger partial charge in [-0.1, -0.05) is 39.4 Å². The van der Waals surface area contributed by atoms with Gasteiger partial charge in [0.1, 0.15) is 17.2 Å². The molecule has 0 atom stereocenters. The van der Waals surface area contributed by atoms with Crippen LogP contribution in [-0.4, -0.2) is 14.2 Å². The lowest BCUT2D eigenvalue weighted by molar-refractivity contribution is 0.413. The van der Waals surface area contributed by atoms with Crippen molar-refractivity contribution in [3.63, 3.8) is 0 Å². The molecule has 0 radical (unpaired) electrons. The number of halogens is 1. The van der Waals surface area contributed by atoms with Crippen molar-refractivity contribution in [1.29, 1.82) is 0 Å². The number of methoxy groups -OCH3 is 2. The van der Waals surface area contributed by atoms with Gasteiger partial charge in [0.15, 0.2) is 5.06 Å². The summed E-state index contributed by atoms with van der Waals surface area (Å²) in [6, 6.07) is 22.0. The molecule has 0 aliphatic heterocycles. The largest absolute Gasteiger partial charge is 0.497 e. The summed E-state index contributed by atoms with van der Waals surface area (Å²) in [5.74, 6) is 2.41. The van der Waals surface area contributed by atoms with Gasteiger partial charge in [0.05, 0.1) is 14.2 Å². The molecule has 5 heteroatoms. The van der Waals surface area contributed by atoms with Crippen molar-refractivity contribution in [3.05, 3.63) is 71.2 Å². The second-order valence-electron chi connectivity index (χ2n) is 5.91. The number of hydrogen-bond donors (Lipinski definition) is 0. The minimum atomic E-state index is 0.771. The highest BCUT2D eigenvalue weighted by Gasteiger charge is 2.17. The molecule has 0 N–H and O–H groups in total. The Hall–Kier alpha value is -2.50. The van der Waals surface area contributed by atoms with Crippen molar-refractivity contribution in [2.45, 2.75) is 0 Å². The average molecular weight is 441 g/mol. The van der Waals surface area contributed by atoms with Crippen LogP contribution in [0.4, 0.5) is 0 Å². The molecule has 0 unspecified atom stereocenters. The van der Waals surface area contributed by atoms with Crippen molar-refractivity contribution in [2.24, 2.45) is 0 Å². The van der Waals surface area contributed by atoms with E-state index in [0.717, 1.165) is 48.0 Å². The van der Waals surface area contributed by atoms with E-state index in [2.05, 4.69) is 34.1 Å². The van der Waals surface area contributed by atoms with E-state index in [9.17, 15) is 0 Å². The van der Waals surface area contributed by atoms with Crippen molar-refractivity contribution >= 4 is 37.4 Å². The van der Waals surface area contributed by atoms with Crippen molar-refractivity contribution < 1.29 is 14.2 Å². The molecule has 4 rings (SSSR count). The lowest BCUT2D eigenvalue weighted by atomic mass is 10.0. The number of rotatable bonds is 5. The summed E-state index contributed by atoms with van der Waals surface area (Å²) in [5.41, 5.74) is 2.19. The molecule has 1 aromatic heterocycles. The standard InChI is InChI=1S/C22H17BrO3S/c1-24-16-7-9-17(10-8-16)26-22-21(14-3-5-15(23)6-4-14)19-12-11-18(25-2)13-20(19)27-22/h3-13H,1-2H3. The summed E-state index contributed by atoms with van der Waals surface area (Å²) >= 11 is 5.12. The number of ether oxygens (including phenoxy) is 3. The molecular weight excluding hydrogens is 424 g/mol. The SMILES string of the molecule is COc1ccc(Oc2sc3cc(OC)ccc3c2-c2ccc(Br)cc2)cc1. The topological polar surface area (TPSA) is 27.7 Å². The first-order chi connectivity index (χ1) is 13.2. The molecule has 3 nitrogen and oxygen atoms in total. The van der Waals surface area contributed by atoms with Crippen LogP contribution in [0.3, 0.4) is 0 Å². The minimum Gasteiger partial charge on any atom is -0.497 e. The minimum absolute atomic E-state index is 0.771. The van der Waals surface area contributed by atoms with Gasteiger partial charge >= 0.3 is 0 Å². The van der Waals surface area contributed by atoms with Gasteiger partial charge < -0.3 is 14.2 Å². The van der Waals surface area contributed by atoms with Gasteiger partial charge in [0.2, 0.25) is 0 Å². The second kappa shape index (κ2) is 7.62. The van der Waals surface area contributed by atoms with Gasteiger partial charge in [0.25, 0.3) is 0 Å². The molecule has 0 aliphatic carbocycles. The number of benzene rings is 3. The van der Waals surface area contributed by atoms with Crippen molar-refractivity contribution in [3.8, 4) is 33.4 Å². The molecule has 0 amide bonds. The molecule has 27 heavy (non-hydrogen) atoms. The van der Waals surface area contributed by atoms with Crippen LogP contribution in [-0.2, 0) is 0 Å². The molecular formula is C22H17BrO3S. The fourth-order valence-corrected chi connectivity index (χ4v) is 4.28. The maximum atomic E-state index is 6.26. The third-order valence-corrected chi connectivity index (χ3v) is 5.83. The highest BCUT2D eigenvalue weighted by atomic mass is 79.9. The second-order valence-corrected chi connectivity index (χ2v) is 7.84. The summed E-state index contributed by atoms with van der Waals surface area (Å²) in [4.78, 5) is 0. The fraction of sp³-hybridized carbons (Fsp3) is 0.0909. The van der Waals surface area contributed by atoms with Crippen LogP contribution < -0.4 is 14.2 Å². The Labute approximate surface area is 170 Å². The Morgan fingerprint density at radius 2 is 1.37 bits per heavy atom. The van der Waals surface area contributed by atoms with E-state index in [1.807, 2.05) is 48.5 Å². The molecule has 0 saturated heterocycles. The first kappa shape index (κ1) is 17.9. The van der Waals surface area contributed by atoms with Gasteiger partial charge in [-0.2, -0.15) is 0 Å². The van der Waals surface area contributed by atoms with Gasteiger partial charge in [-0.15, -0.1) is 0 Å². The average Bonchev–Trinajstić information content (AvgIpc) is 3.06. The first-order valence-electron chi connectivity index (χ1n) is 8.36. The summed E-state index contributed by atoms with van der Waals surface area (Å²) in [7, 11) is 3.33. The predicted octanol–water partition coefficient (Wildman–Crippen LogP) is 7.14. The van der Waals surface area contributed by atoms with E-state index in [4.69, 9.17) is 14.2 Å². The molecule has 4 aromatic rings. The molecule has 1 heterocycles. The van der Waals surface area contributed by atoms with Crippen LogP contribution in [0.5, 0.6) is 22.3 Å². The highest BCUT2D eigenvalue weighted by Crippen LogP contribution is 2.47. The van der Waals surface area contributed by atoms with E-state index in [0.29, 0.717) is 0 Å². The van der Waals surface area contributed by atoms with Crippen LogP contribution in [0.25, 0.3) is 21.2 Å². The zero-order valence-corrected chi connectivity index (χ0v) is 17.3. The molecule has 0 bridgehead atoms. The van der Waals surface area contributed by atoms with E-state index in [1.165, 1.54) is 0 Å². The van der Waals surface area contributed by atoms with E-state index >= 15 is 0 Å². The van der Waals surface area contributed by atoms with Gasteiger partial charge in [-0.05, 0) is 60.2 Å². The lowest BCUT2D eigenvalue weighted by Gasteiger charge is -2.08. The van der Waals surface area contributed by atoms with Crippen molar-refractivity contribution in [1.82, 2.24) is 0 Å². The molecule has 136 valence electrons. The lowest BCUT2D eigenvalue weighted by Crippen LogP contribution is -1.86. The monoisotopic (exact) mass is 440 g/mol. The van der Waals surface area contributed by atoms with Crippen LogP contribution in [0.15, 0.2) is 71.2 Å². The van der Waals surface area contributed by atoms with Crippen LogP contribution >= 0.6 is 27.3 Å². The number of thiophene rings is 1. The molecule has 0 spiro atoms. The van der Waals surface area contributed by atoms with Gasteiger partial charge in [-0.3, -0.25) is 0 Å². The maximum absolute atomic E-state index is 6.26. The smallest absolute Gasteiger partial charge is 0.189 e. The van der Waals surface area contributed by atoms with E-state index in [1.54, 1.807) is 25.6 Å². The van der Waals surface area contributed by atoms with E-state index in [-0.39, 0.29) is 0 Å². The Balaban J connectivity index is 1.83. The van der Waals surface area contributed by atoms with Crippen LogP contribution in [0, 0.1) is 0 Å². The maximum Gasteiger partial charge on any atom is 0.189 e. The zero-order chi connectivity index (χ0) is 18.8. The summed E-state index contributed by atoms with van der Waals surface area (Å²) in [6.45, 7) is 0. The first-order valence-corrected chi connectivity index (χ1v) is 9.97. The predicted molar refractivity (Wildman–Crippen MR) is 115 cm³/mol.